The minimum Gasteiger partial charge on any atom is -0.357 e. The van der Waals surface area contributed by atoms with Gasteiger partial charge in [0.25, 0.3) is 0 Å². The Kier molecular flexibility index (Phi) is 5.62. The van der Waals surface area contributed by atoms with E-state index in [1.807, 2.05) is 48.5 Å². The van der Waals surface area contributed by atoms with Crippen molar-refractivity contribution in [1.29, 1.82) is 0 Å². The normalized spacial score (nSPS) is 15.7. The molecule has 0 atom stereocenters. The predicted octanol–water partition coefficient (Wildman–Crippen LogP) is 8.00. The Bertz CT molecular complexity index is 1530. The molecule has 0 unspecified atom stereocenters. The van der Waals surface area contributed by atoms with Gasteiger partial charge < -0.3 is 9.97 Å². The van der Waals surface area contributed by atoms with Crippen LogP contribution >= 0.6 is 23.2 Å². The number of ketones is 2. The zero-order chi connectivity index (χ0) is 26.2. The van der Waals surface area contributed by atoms with E-state index in [0.717, 1.165) is 33.2 Å². The second-order valence-corrected chi connectivity index (χ2v) is 12.1. The molecule has 0 bridgehead atoms. The molecule has 4 aromatic rings. The van der Waals surface area contributed by atoms with E-state index >= 15 is 0 Å². The Morgan fingerprint density at radius 2 is 0.917 bits per heavy atom. The monoisotopic (exact) mass is 518 g/mol. The molecule has 2 aromatic carbocycles. The Hall–Kier alpha value is -3.08. The average molecular weight is 519 g/mol. The number of benzene rings is 2. The Morgan fingerprint density at radius 3 is 1.25 bits per heavy atom. The molecule has 5 rings (SSSR count). The minimum atomic E-state index is -0.448. The quantitative estimate of drug-likeness (QED) is 0.264. The van der Waals surface area contributed by atoms with Crippen LogP contribution in [0.15, 0.2) is 58.6 Å². The molecular formula is C30H28Cl2N2O2. The third-order valence-electron chi connectivity index (χ3n) is 6.70. The maximum atomic E-state index is 14.0. The molecule has 36 heavy (non-hydrogen) atoms. The smallest absolute Gasteiger partial charge is 0.207 e. The van der Waals surface area contributed by atoms with E-state index in [-0.39, 0.29) is 32.0 Å². The van der Waals surface area contributed by atoms with E-state index in [9.17, 15) is 9.59 Å². The molecular weight excluding hydrogens is 491 g/mol. The zero-order valence-corrected chi connectivity index (χ0v) is 22.7. The molecule has 0 radical (unpaired) electrons. The van der Waals surface area contributed by atoms with Crippen molar-refractivity contribution in [2.75, 3.05) is 0 Å². The lowest BCUT2D eigenvalue weighted by molar-refractivity contribution is -0.113. The number of carbonyl (C=O) groups is 2. The molecule has 184 valence electrons. The molecule has 0 aliphatic heterocycles. The van der Waals surface area contributed by atoms with Gasteiger partial charge in [0.15, 0.2) is 0 Å². The number of carbonyl (C=O) groups excluding carboxylic acids is 2. The van der Waals surface area contributed by atoms with Crippen LogP contribution in [0.2, 0.25) is 0 Å². The van der Waals surface area contributed by atoms with Crippen LogP contribution in [-0.4, -0.2) is 21.5 Å². The number of para-hydroxylation sites is 2. The predicted molar refractivity (Wildman–Crippen MR) is 150 cm³/mol. The fourth-order valence-electron chi connectivity index (χ4n) is 5.02. The van der Waals surface area contributed by atoms with Gasteiger partial charge in [-0.15, -0.1) is 0 Å². The lowest BCUT2D eigenvalue weighted by atomic mass is 9.80. The number of rotatable bonds is 2. The van der Waals surface area contributed by atoms with Crippen LogP contribution in [0.3, 0.4) is 0 Å². The topological polar surface area (TPSA) is 65.7 Å². The van der Waals surface area contributed by atoms with Crippen LogP contribution in [-0.2, 0) is 20.4 Å². The minimum absolute atomic E-state index is 0.111. The van der Waals surface area contributed by atoms with Crippen LogP contribution in [0.5, 0.6) is 0 Å². The molecule has 2 N–H and O–H groups in total. The summed E-state index contributed by atoms with van der Waals surface area (Å²) < 4.78 is 0. The van der Waals surface area contributed by atoms with E-state index in [4.69, 9.17) is 23.2 Å². The van der Waals surface area contributed by atoms with E-state index in [0.29, 0.717) is 11.1 Å². The van der Waals surface area contributed by atoms with Crippen LogP contribution in [0, 0.1) is 0 Å². The van der Waals surface area contributed by atoms with Crippen molar-refractivity contribution >= 4 is 67.7 Å². The third kappa shape index (κ3) is 3.66. The molecule has 0 saturated carbocycles. The summed E-state index contributed by atoms with van der Waals surface area (Å²) in [6.07, 6.45) is 0. The van der Waals surface area contributed by atoms with Crippen LogP contribution in [0.4, 0.5) is 0 Å². The molecule has 2 heterocycles. The number of aromatic amines is 2. The van der Waals surface area contributed by atoms with Crippen LogP contribution in [0.25, 0.3) is 33.0 Å². The van der Waals surface area contributed by atoms with Gasteiger partial charge in [-0.3, -0.25) is 9.59 Å². The maximum Gasteiger partial charge on any atom is 0.207 e. The van der Waals surface area contributed by atoms with Crippen molar-refractivity contribution in [2.45, 2.75) is 52.4 Å². The fourth-order valence-corrected chi connectivity index (χ4v) is 5.57. The molecule has 4 nitrogen and oxygen atoms in total. The average Bonchev–Trinajstić information content (AvgIpc) is 3.38. The number of nitrogens with one attached hydrogen (secondary N) is 2. The summed E-state index contributed by atoms with van der Waals surface area (Å²) in [6, 6.07) is 15.4. The van der Waals surface area contributed by atoms with Crippen molar-refractivity contribution in [3.05, 3.63) is 81.1 Å². The molecule has 0 spiro atoms. The summed E-state index contributed by atoms with van der Waals surface area (Å²) in [6.45, 7) is 12.3. The lowest BCUT2D eigenvalue weighted by Crippen LogP contribution is -2.23. The highest BCUT2D eigenvalue weighted by molar-refractivity contribution is 6.69. The second-order valence-electron chi connectivity index (χ2n) is 11.4. The van der Waals surface area contributed by atoms with Gasteiger partial charge in [0, 0.05) is 55.2 Å². The standard InChI is InChI=1S/C30H28Cl2N2O2/c1-29(2,3)27-19(15-11-7-9-13-17(15)33-27)21-23(31)26(36)22(24(32)25(21)35)20-16-12-8-10-14-18(16)34-28(20)30(4,5)6/h7-14,33-34H,1-6H3. The first kappa shape index (κ1) is 24.6. The van der Waals surface area contributed by atoms with E-state index in [2.05, 4.69) is 51.5 Å². The van der Waals surface area contributed by atoms with Crippen molar-refractivity contribution < 1.29 is 9.59 Å². The van der Waals surface area contributed by atoms with Gasteiger partial charge >= 0.3 is 0 Å². The van der Waals surface area contributed by atoms with E-state index < -0.39 is 11.6 Å². The zero-order valence-electron chi connectivity index (χ0n) is 21.2. The number of hydrogen-bond acceptors (Lipinski definition) is 2. The second kappa shape index (κ2) is 8.22. The lowest BCUT2D eigenvalue weighted by Gasteiger charge is -2.25. The Labute approximate surface area is 220 Å². The van der Waals surface area contributed by atoms with Crippen molar-refractivity contribution in [2.24, 2.45) is 0 Å². The van der Waals surface area contributed by atoms with Crippen molar-refractivity contribution in [1.82, 2.24) is 9.97 Å². The van der Waals surface area contributed by atoms with Gasteiger partial charge in [-0.05, 0) is 12.1 Å². The maximum absolute atomic E-state index is 14.0. The summed E-state index contributed by atoms with van der Waals surface area (Å²) in [4.78, 5) is 34.9. The summed E-state index contributed by atoms with van der Waals surface area (Å²) in [5.74, 6) is -0.895. The molecule has 0 fully saturated rings. The van der Waals surface area contributed by atoms with Gasteiger partial charge in [0.05, 0.1) is 11.1 Å². The number of Topliss-reactive ketones (excluding diaryl/α,β-unsaturated/α-hetero) is 2. The van der Waals surface area contributed by atoms with Gasteiger partial charge in [-0.1, -0.05) is 101 Å². The summed E-state index contributed by atoms with van der Waals surface area (Å²) in [5.41, 5.74) is 4.27. The Morgan fingerprint density at radius 1 is 0.583 bits per heavy atom. The first-order chi connectivity index (χ1) is 16.8. The summed E-state index contributed by atoms with van der Waals surface area (Å²) >= 11 is 13.7. The molecule has 1 aliphatic rings. The van der Waals surface area contributed by atoms with Gasteiger partial charge in [-0.2, -0.15) is 0 Å². The highest BCUT2D eigenvalue weighted by atomic mass is 35.5. The van der Waals surface area contributed by atoms with Crippen LogP contribution < -0.4 is 0 Å². The number of allylic oxidation sites excluding steroid dienone is 4. The first-order valence-corrected chi connectivity index (χ1v) is 12.7. The van der Waals surface area contributed by atoms with Crippen molar-refractivity contribution in [3.8, 4) is 0 Å². The number of fused-ring (bicyclic) bond motifs is 2. The highest BCUT2D eigenvalue weighted by Gasteiger charge is 2.40. The SMILES string of the molecule is CC(C)(C)c1[nH]c2ccccc2c1C1=C(Cl)C(=O)C(c2c(C(C)(C)C)[nH]c3ccccc23)=C(Cl)C1=O. The number of H-pyrrole nitrogens is 2. The van der Waals surface area contributed by atoms with Gasteiger partial charge in [0.2, 0.25) is 11.6 Å². The van der Waals surface area contributed by atoms with E-state index in [1.54, 1.807) is 0 Å². The number of aromatic nitrogens is 2. The Balaban J connectivity index is 1.80. The molecule has 1 aliphatic carbocycles. The summed E-state index contributed by atoms with van der Waals surface area (Å²) in [5, 5.41) is 1.43. The number of halogens is 2. The molecule has 2 aromatic heterocycles. The third-order valence-corrected chi connectivity index (χ3v) is 7.43. The first-order valence-electron chi connectivity index (χ1n) is 11.9. The largest absolute Gasteiger partial charge is 0.357 e. The van der Waals surface area contributed by atoms with Gasteiger partial charge in [0.1, 0.15) is 10.1 Å². The highest BCUT2D eigenvalue weighted by Crippen LogP contribution is 2.47. The van der Waals surface area contributed by atoms with Gasteiger partial charge in [-0.25, -0.2) is 0 Å². The fraction of sp³-hybridized carbons (Fsp3) is 0.267. The van der Waals surface area contributed by atoms with Crippen molar-refractivity contribution in [3.63, 3.8) is 0 Å². The van der Waals surface area contributed by atoms with Crippen LogP contribution in [0.1, 0.15) is 64.1 Å². The number of hydrogen-bond donors (Lipinski definition) is 2. The molecule has 0 saturated heterocycles. The molecule has 6 heteroatoms. The van der Waals surface area contributed by atoms with E-state index in [1.165, 1.54) is 0 Å². The summed E-state index contributed by atoms with van der Waals surface area (Å²) in [7, 11) is 0. The molecule has 0 amide bonds.